The minimum absolute atomic E-state index is 0. The number of carbonyl (C=O) groups excluding carboxylic acids is 1. The molecule has 0 saturated carbocycles. The fourth-order valence-corrected chi connectivity index (χ4v) is 1.63. The van der Waals surface area contributed by atoms with Gasteiger partial charge in [0.1, 0.15) is 0 Å². The fraction of sp³-hybridized carbons (Fsp3) is 0.417. The van der Waals surface area contributed by atoms with Gasteiger partial charge in [-0.25, -0.2) is 0 Å². The summed E-state index contributed by atoms with van der Waals surface area (Å²) in [5.74, 6) is -0.0887. The van der Waals surface area contributed by atoms with Gasteiger partial charge < -0.3 is 11.1 Å². The Kier molecular flexibility index (Phi) is 6.16. The summed E-state index contributed by atoms with van der Waals surface area (Å²) in [6.07, 6.45) is 0. The van der Waals surface area contributed by atoms with Gasteiger partial charge in [-0.05, 0) is 38.5 Å². The lowest BCUT2D eigenvalue weighted by atomic mass is 10.0. The molecule has 0 aliphatic carbocycles. The minimum Gasteiger partial charge on any atom is -0.346 e. The summed E-state index contributed by atoms with van der Waals surface area (Å²) >= 11 is 3.36. The van der Waals surface area contributed by atoms with Gasteiger partial charge in [0.2, 0.25) is 0 Å². The number of rotatable bonds is 3. The zero-order valence-corrected chi connectivity index (χ0v) is 12.6. The molecule has 1 aromatic carbocycles. The lowest BCUT2D eigenvalue weighted by molar-refractivity contribution is 0.0915. The molecule has 96 valence electrons. The first kappa shape index (κ1) is 16.4. The summed E-state index contributed by atoms with van der Waals surface area (Å²) in [4.78, 5) is 12.0. The standard InChI is InChI=1S/C12H17BrN2O.ClH/c1-8-4-5-9(13)6-10(8)11(16)15-12(2,3)7-14;/h4-6H,7,14H2,1-3H3,(H,15,16);1H. The third kappa shape index (κ3) is 4.66. The molecule has 0 saturated heterocycles. The van der Waals surface area contributed by atoms with Crippen LogP contribution in [0.15, 0.2) is 22.7 Å². The van der Waals surface area contributed by atoms with Crippen molar-refractivity contribution in [2.24, 2.45) is 5.73 Å². The van der Waals surface area contributed by atoms with Crippen LogP contribution in [0.5, 0.6) is 0 Å². The van der Waals surface area contributed by atoms with E-state index in [4.69, 9.17) is 5.73 Å². The molecule has 0 unspecified atom stereocenters. The molecule has 0 atom stereocenters. The molecule has 3 nitrogen and oxygen atoms in total. The van der Waals surface area contributed by atoms with Crippen LogP contribution in [0.2, 0.25) is 0 Å². The monoisotopic (exact) mass is 320 g/mol. The van der Waals surface area contributed by atoms with Crippen molar-refractivity contribution in [3.05, 3.63) is 33.8 Å². The zero-order valence-electron chi connectivity index (χ0n) is 10.2. The molecule has 1 amide bonds. The smallest absolute Gasteiger partial charge is 0.252 e. The number of aryl methyl sites for hydroxylation is 1. The average Bonchev–Trinajstić information content (AvgIpc) is 2.21. The van der Waals surface area contributed by atoms with Gasteiger partial charge in [0.25, 0.3) is 5.91 Å². The van der Waals surface area contributed by atoms with E-state index in [0.29, 0.717) is 12.1 Å². The highest BCUT2D eigenvalue weighted by molar-refractivity contribution is 9.10. The Morgan fingerprint density at radius 2 is 2.06 bits per heavy atom. The van der Waals surface area contributed by atoms with Crippen LogP contribution in [-0.4, -0.2) is 18.0 Å². The SMILES string of the molecule is Cc1ccc(Br)cc1C(=O)NC(C)(C)CN.Cl. The molecular weight excluding hydrogens is 304 g/mol. The average molecular weight is 322 g/mol. The molecule has 0 bridgehead atoms. The number of carbonyl (C=O) groups is 1. The quantitative estimate of drug-likeness (QED) is 0.899. The second-order valence-corrected chi connectivity index (χ2v) is 5.42. The van der Waals surface area contributed by atoms with E-state index in [1.54, 1.807) is 0 Å². The molecule has 0 fully saturated rings. The molecule has 5 heteroatoms. The van der Waals surface area contributed by atoms with Gasteiger partial charge in [-0.1, -0.05) is 22.0 Å². The Hall–Kier alpha value is -0.580. The maximum Gasteiger partial charge on any atom is 0.252 e. The van der Waals surface area contributed by atoms with Gasteiger partial charge in [-0.3, -0.25) is 4.79 Å². The van der Waals surface area contributed by atoms with Gasteiger partial charge in [0, 0.05) is 22.1 Å². The van der Waals surface area contributed by atoms with Gasteiger partial charge in [-0.15, -0.1) is 12.4 Å². The molecule has 0 radical (unpaired) electrons. The number of nitrogens with two attached hydrogens (primary N) is 1. The highest BCUT2D eigenvalue weighted by Gasteiger charge is 2.20. The fourth-order valence-electron chi connectivity index (χ4n) is 1.26. The molecule has 0 aliphatic rings. The van der Waals surface area contributed by atoms with Gasteiger partial charge >= 0.3 is 0 Å². The van der Waals surface area contributed by atoms with Gasteiger partial charge in [0.05, 0.1) is 0 Å². The topological polar surface area (TPSA) is 55.1 Å². The second-order valence-electron chi connectivity index (χ2n) is 4.50. The third-order valence-electron chi connectivity index (χ3n) is 2.41. The van der Waals surface area contributed by atoms with Crippen molar-refractivity contribution in [1.82, 2.24) is 5.32 Å². The number of amides is 1. The van der Waals surface area contributed by atoms with E-state index < -0.39 is 0 Å². The lowest BCUT2D eigenvalue weighted by Crippen LogP contribution is -2.49. The number of hydrogen-bond donors (Lipinski definition) is 2. The van der Waals surface area contributed by atoms with E-state index in [1.165, 1.54) is 0 Å². The normalized spacial score (nSPS) is 10.6. The van der Waals surface area contributed by atoms with Crippen molar-refractivity contribution in [3.63, 3.8) is 0 Å². The Morgan fingerprint density at radius 3 is 2.59 bits per heavy atom. The van der Waals surface area contributed by atoms with Crippen LogP contribution < -0.4 is 11.1 Å². The first-order chi connectivity index (χ1) is 7.35. The molecule has 0 heterocycles. The van der Waals surface area contributed by atoms with Crippen LogP contribution in [-0.2, 0) is 0 Å². The molecule has 0 spiro atoms. The van der Waals surface area contributed by atoms with Crippen molar-refractivity contribution in [3.8, 4) is 0 Å². The molecule has 0 aromatic heterocycles. The maximum atomic E-state index is 12.0. The molecule has 1 rings (SSSR count). The van der Waals surface area contributed by atoms with Gasteiger partial charge in [0.15, 0.2) is 0 Å². The highest BCUT2D eigenvalue weighted by Crippen LogP contribution is 2.16. The van der Waals surface area contributed by atoms with E-state index in [2.05, 4.69) is 21.2 Å². The van der Waals surface area contributed by atoms with E-state index in [-0.39, 0.29) is 23.9 Å². The largest absolute Gasteiger partial charge is 0.346 e. The van der Waals surface area contributed by atoms with Crippen molar-refractivity contribution >= 4 is 34.2 Å². The Labute approximate surface area is 117 Å². The van der Waals surface area contributed by atoms with Crippen LogP contribution in [0.1, 0.15) is 29.8 Å². The maximum absolute atomic E-state index is 12.0. The summed E-state index contributed by atoms with van der Waals surface area (Å²) in [7, 11) is 0. The van der Waals surface area contributed by atoms with Crippen LogP contribution in [0.4, 0.5) is 0 Å². The summed E-state index contributed by atoms with van der Waals surface area (Å²) in [5, 5.41) is 2.91. The first-order valence-electron chi connectivity index (χ1n) is 5.14. The second kappa shape index (κ2) is 6.38. The van der Waals surface area contributed by atoms with Crippen LogP contribution in [0, 0.1) is 6.92 Å². The Balaban J connectivity index is 0.00000256. The summed E-state index contributed by atoms with van der Waals surface area (Å²) < 4.78 is 0.897. The van der Waals surface area contributed by atoms with Crippen LogP contribution in [0.3, 0.4) is 0 Å². The number of halogens is 2. The first-order valence-corrected chi connectivity index (χ1v) is 5.94. The molecular formula is C12H18BrClN2O. The van der Waals surface area contributed by atoms with Crippen molar-refractivity contribution < 1.29 is 4.79 Å². The Morgan fingerprint density at radius 1 is 1.47 bits per heavy atom. The predicted molar refractivity (Wildman–Crippen MR) is 76.7 cm³/mol. The van der Waals surface area contributed by atoms with Crippen molar-refractivity contribution in [1.29, 1.82) is 0 Å². The third-order valence-corrected chi connectivity index (χ3v) is 2.90. The van der Waals surface area contributed by atoms with E-state index in [9.17, 15) is 4.79 Å². The minimum atomic E-state index is -0.383. The van der Waals surface area contributed by atoms with E-state index in [1.807, 2.05) is 39.0 Å². The van der Waals surface area contributed by atoms with E-state index in [0.717, 1.165) is 10.0 Å². The lowest BCUT2D eigenvalue weighted by Gasteiger charge is -2.24. The van der Waals surface area contributed by atoms with E-state index >= 15 is 0 Å². The van der Waals surface area contributed by atoms with Crippen molar-refractivity contribution in [2.45, 2.75) is 26.3 Å². The van der Waals surface area contributed by atoms with Gasteiger partial charge in [-0.2, -0.15) is 0 Å². The Bertz CT molecular complexity index is 407. The molecule has 17 heavy (non-hydrogen) atoms. The number of benzene rings is 1. The van der Waals surface area contributed by atoms with Crippen LogP contribution >= 0.6 is 28.3 Å². The summed E-state index contributed by atoms with van der Waals surface area (Å²) in [6, 6.07) is 5.64. The number of hydrogen-bond acceptors (Lipinski definition) is 2. The summed E-state index contributed by atoms with van der Waals surface area (Å²) in [6.45, 7) is 6.12. The molecule has 1 aromatic rings. The van der Waals surface area contributed by atoms with Crippen molar-refractivity contribution in [2.75, 3.05) is 6.54 Å². The zero-order chi connectivity index (χ0) is 12.3. The highest BCUT2D eigenvalue weighted by atomic mass is 79.9. The molecule has 3 N–H and O–H groups in total. The number of nitrogens with one attached hydrogen (secondary N) is 1. The van der Waals surface area contributed by atoms with Crippen LogP contribution in [0.25, 0.3) is 0 Å². The summed E-state index contributed by atoms with van der Waals surface area (Å²) in [5.41, 5.74) is 6.82. The molecule has 0 aliphatic heterocycles. The predicted octanol–water partition coefficient (Wildman–Crippen LogP) is 2.65.